The minimum atomic E-state index is -1.09. The molecular weight excluding hydrogens is 343 g/mol. The van der Waals surface area contributed by atoms with Crippen molar-refractivity contribution in [2.24, 2.45) is 5.41 Å². The normalized spacial score (nSPS) is 14.7. The minimum absolute atomic E-state index is 0.0810. The van der Waals surface area contributed by atoms with E-state index in [1.54, 1.807) is 0 Å². The van der Waals surface area contributed by atoms with E-state index < -0.39 is 17.1 Å². The summed E-state index contributed by atoms with van der Waals surface area (Å²) >= 11 is 5.72. The standard InChI is InChI=1S/C19H18ClFN2O2/c1-11-3-4-12(2)16(9-11)23-18(25)19(7-8-19)17(24)22-13-5-6-15(21)14(20)10-13/h3-6,9-10H,7-8H2,1-2H3,(H,22,24)(H,23,25). The fourth-order valence-corrected chi connectivity index (χ4v) is 2.80. The van der Waals surface area contributed by atoms with E-state index in [2.05, 4.69) is 10.6 Å². The number of hydrogen-bond donors (Lipinski definition) is 2. The lowest BCUT2D eigenvalue weighted by molar-refractivity contribution is -0.131. The summed E-state index contributed by atoms with van der Waals surface area (Å²) in [5, 5.41) is 5.43. The van der Waals surface area contributed by atoms with Crippen molar-refractivity contribution in [3.05, 3.63) is 58.4 Å². The number of aryl methyl sites for hydroxylation is 2. The van der Waals surface area contributed by atoms with Crippen LogP contribution in [0.25, 0.3) is 0 Å². The number of carbonyl (C=O) groups is 2. The zero-order chi connectivity index (χ0) is 18.2. The van der Waals surface area contributed by atoms with E-state index in [0.29, 0.717) is 24.2 Å². The molecule has 0 heterocycles. The first-order valence-corrected chi connectivity index (χ1v) is 8.35. The van der Waals surface area contributed by atoms with Crippen molar-refractivity contribution in [1.82, 2.24) is 0 Å². The van der Waals surface area contributed by atoms with Crippen LogP contribution in [-0.2, 0) is 9.59 Å². The number of carbonyl (C=O) groups excluding carboxylic acids is 2. The van der Waals surface area contributed by atoms with Gasteiger partial charge in [0.1, 0.15) is 11.2 Å². The number of anilines is 2. The van der Waals surface area contributed by atoms with Crippen LogP contribution in [0.3, 0.4) is 0 Å². The highest BCUT2D eigenvalue weighted by Gasteiger charge is 2.56. The first kappa shape index (κ1) is 17.4. The molecule has 2 N–H and O–H groups in total. The van der Waals surface area contributed by atoms with Gasteiger partial charge in [0.25, 0.3) is 0 Å². The Bertz CT molecular complexity index is 862. The lowest BCUT2D eigenvalue weighted by atomic mass is 10.0. The van der Waals surface area contributed by atoms with Gasteiger partial charge < -0.3 is 10.6 Å². The summed E-state index contributed by atoms with van der Waals surface area (Å²) in [4.78, 5) is 25.2. The molecule has 1 aliphatic rings. The summed E-state index contributed by atoms with van der Waals surface area (Å²) in [5.41, 5.74) is 1.93. The Morgan fingerprint density at radius 1 is 1.04 bits per heavy atom. The molecule has 2 aromatic rings. The van der Waals surface area contributed by atoms with E-state index in [-0.39, 0.29) is 10.9 Å². The van der Waals surface area contributed by atoms with E-state index in [9.17, 15) is 14.0 Å². The molecule has 0 bridgehead atoms. The highest BCUT2D eigenvalue weighted by atomic mass is 35.5. The van der Waals surface area contributed by atoms with Gasteiger partial charge in [0.2, 0.25) is 11.8 Å². The van der Waals surface area contributed by atoms with Crippen LogP contribution in [0.1, 0.15) is 24.0 Å². The zero-order valence-electron chi connectivity index (χ0n) is 14.0. The van der Waals surface area contributed by atoms with E-state index in [1.807, 2.05) is 32.0 Å². The predicted octanol–water partition coefficient (Wildman–Crippen LogP) is 4.45. The lowest BCUT2D eigenvalue weighted by Crippen LogP contribution is -2.35. The summed E-state index contributed by atoms with van der Waals surface area (Å²) in [5.74, 6) is -1.29. The molecule has 130 valence electrons. The van der Waals surface area contributed by atoms with Crippen LogP contribution in [0.2, 0.25) is 5.02 Å². The summed E-state index contributed by atoms with van der Waals surface area (Å²) < 4.78 is 13.2. The van der Waals surface area contributed by atoms with Crippen LogP contribution in [0, 0.1) is 25.1 Å². The van der Waals surface area contributed by atoms with E-state index in [4.69, 9.17) is 11.6 Å². The first-order valence-electron chi connectivity index (χ1n) is 7.97. The summed E-state index contributed by atoms with van der Waals surface area (Å²) in [6, 6.07) is 9.67. The van der Waals surface area contributed by atoms with Crippen molar-refractivity contribution in [2.45, 2.75) is 26.7 Å². The van der Waals surface area contributed by atoms with Crippen molar-refractivity contribution in [2.75, 3.05) is 10.6 Å². The van der Waals surface area contributed by atoms with Gasteiger partial charge in [-0.05, 0) is 62.1 Å². The number of rotatable bonds is 4. The van der Waals surface area contributed by atoms with Crippen LogP contribution >= 0.6 is 11.6 Å². The largest absolute Gasteiger partial charge is 0.325 e. The Morgan fingerprint density at radius 3 is 2.36 bits per heavy atom. The second kappa shape index (κ2) is 6.48. The molecule has 0 atom stereocenters. The molecule has 0 aliphatic heterocycles. The van der Waals surface area contributed by atoms with Gasteiger partial charge in [-0.25, -0.2) is 4.39 Å². The maximum atomic E-state index is 13.2. The van der Waals surface area contributed by atoms with Gasteiger partial charge in [0.15, 0.2) is 0 Å². The summed E-state index contributed by atoms with van der Waals surface area (Å²) in [6.45, 7) is 3.84. The third-order valence-corrected chi connectivity index (χ3v) is 4.73. The molecule has 4 nitrogen and oxygen atoms in total. The highest BCUT2D eigenvalue weighted by molar-refractivity contribution is 6.31. The van der Waals surface area contributed by atoms with Crippen molar-refractivity contribution >= 4 is 34.8 Å². The smallest absolute Gasteiger partial charge is 0.240 e. The summed E-state index contributed by atoms with van der Waals surface area (Å²) in [7, 11) is 0. The van der Waals surface area contributed by atoms with Crippen molar-refractivity contribution < 1.29 is 14.0 Å². The number of nitrogens with one attached hydrogen (secondary N) is 2. The monoisotopic (exact) mass is 360 g/mol. The number of benzene rings is 2. The molecule has 0 unspecified atom stereocenters. The number of halogens is 2. The van der Waals surface area contributed by atoms with Gasteiger partial charge in [0, 0.05) is 11.4 Å². The van der Waals surface area contributed by atoms with Crippen LogP contribution < -0.4 is 10.6 Å². The quantitative estimate of drug-likeness (QED) is 0.791. The average Bonchev–Trinajstić information content (AvgIpc) is 3.36. The molecule has 3 rings (SSSR count). The van der Waals surface area contributed by atoms with Crippen LogP contribution in [-0.4, -0.2) is 11.8 Å². The Labute approximate surface area is 150 Å². The molecule has 0 spiro atoms. The molecule has 0 saturated heterocycles. The van der Waals surface area contributed by atoms with E-state index in [1.165, 1.54) is 18.2 Å². The Kier molecular flexibility index (Phi) is 4.52. The molecule has 25 heavy (non-hydrogen) atoms. The fourth-order valence-electron chi connectivity index (χ4n) is 2.62. The van der Waals surface area contributed by atoms with Gasteiger partial charge in [-0.3, -0.25) is 9.59 Å². The SMILES string of the molecule is Cc1ccc(C)c(NC(=O)C2(C(=O)Nc3ccc(F)c(Cl)c3)CC2)c1. The van der Waals surface area contributed by atoms with Gasteiger partial charge in [-0.1, -0.05) is 23.7 Å². The Hall–Kier alpha value is -2.40. The zero-order valence-corrected chi connectivity index (χ0v) is 14.7. The van der Waals surface area contributed by atoms with Crippen LogP contribution in [0.5, 0.6) is 0 Å². The van der Waals surface area contributed by atoms with Gasteiger partial charge in [0.05, 0.1) is 5.02 Å². The van der Waals surface area contributed by atoms with E-state index in [0.717, 1.165) is 11.1 Å². The van der Waals surface area contributed by atoms with Crippen molar-refractivity contribution in [3.63, 3.8) is 0 Å². The molecule has 2 amide bonds. The predicted molar refractivity (Wildman–Crippen MR) is 96.3 cm³/mol. The van der Waals surface area contributed by atoms with Gasteiger partial charge in [-0.15, -0.1) is 0 Å². The minimum Gasteiger partial charge on any atom is -0.325 e. The third-order valence-electron chi connectivity index (χ3n) is 4.44. The molecule has 1 aliphatic carbocycles. The maximum absolute atomic E-state index is 13.2. The maximum Gasteiger partial charge on any atom is 0.240 e. The Morgan fingerprint density at radius 2 is 1.72 bits per heavy atom. The number of hydrogen-bond acceptors (Lipinski definition) is 2. The van der Waals surface area contributed by atoms with Gasteiger partial charge in [-0.2, -0.15) is 0 Å². The molecule has 1 fully saturated rings. The van der Waals surface area contributed by atoms with Crippen LogP contribution in [0.15, 0.2) is 36.4 Å². The molecule has 1 saturated carbocycles. The van der Waals surface area contributed by atoms with E-state index >= 15 is 0 Å². The van der Waals surface area contributed by atoms with Crippen LogP contribution in [0.4, 0.5) is 15.8 Å². The molecule has 2 aromatic carbocycles. The summed E-state index contributed by atoms with van der Waals surface area (Å²) in [6.07, 6.45) is 0.953. The molecule has 6 heteroatoms. The lowest BCUT2D eigenvalue weighted by Gasteiger charge is -2.17. The molecule has 0 aromatic heterocycles. The number of amides is 2. The highest BCUT2D eigenvalue weighted by Crippen LogP contribution is 2.47. The first-order chi connectivity index (χ1) is 11.8. The average molecular weight is 361 g/mol. The molecular formula is C19H18ClFN2O2. The third kappa shape index (κ3) is 3.51. The van der Waals surface area contributed by atoms with Crippen molar-refractivity contribution in [1.29, 1.82) is 0 Å². The molecule has 0 radical (unpaired) electrons. The van der Waals surface area contributed by atoms with Crippen molar-refractivity contribution in [3.8, 4) is 0 Å². The van der Waals surface area contributed by atoms with Gasteiger partial charge >= 0.3 is 0 Å². The fraction of sp³-hybridized carbons (Fsp3) is 0.263. The second-order valence-corrected chi connectivity index (χ2v) is 6.84. The second-order valence-electron chi connectivity index (χ2n) is 6.44. The Balaban J connectivity index is 1.74. The topological polar surface area (TPSA) is 58.2 Å².